The van der Waals surface area contributed by atoms with Gasteiger partial charge in [-0.3, -0.25) is 0 Å². The highest BCUT2D eigenvalue weighted by Crippen LogP contribution is 2.19. The summed E-state index contributed by atoms with van der Waals surface area (Å²) in [6.07, 6.45) is 6.17. The van der Waals surface area contributed by atoms with Gasteiger partial charge in [-0.1, -0.05) is 0 Å². The summed E-state index contributed by atoms with van der Waals surface area (Å²) < 4.78 is 0. The van der Waals surface area contributed by atoms with Crippen molar-refractivity contribution in [3.63, 3.8) is 0 Å². The molecule has 1 atom stereocenters. The fourth-order valence-electron chi connectivity index (χ4n) is 2.26. The Labute approximate surface area is 111 Å². The van der Waals surface area contributed by atoms with E-state index in [1.165, 1.54) is 0 Å². The first kappa shape index (κ1) is 11.8. The average molecular weight is 256 g/mol. The number of hydrogen-bond acceptors (Lipinski definition) is 6. The molecule has 0 radical (unpaired) electrons. The van der Waals surface area contributed by atoms with Crippen LogP contribution in [0.15, 0.2) is 30.9 Å². The van der Waals surface area contributed by atoms with Crippen molar-refractivity contribution in [2.24, 2.45) is 0 Å². The summed E-state index contributed by atoms with van der Waals surface area (Å²) >= 11 is 0. The monoisotopic (exact) mass is 256 g/mol. The first-order chi connectivity index (χ1) is 9.31. The molecule has 3 rings (SSSR count). The van der Waals surface area contributed by atoms with Crippen LogP contribution in [0.25, 0.3) is 0 Å². The summed E-state index contributed by atoms with van der Waals surface area (Å²) in [5.74, 6) is 1.68. The molecule has 2 aromatic rings. The Morgan fingerprint density at radius 3 is 2.84 bits per heavy atom. The van der Waals surface area contributed by atoms with Crippen molar-refractivity contribution in [2.75, 3.05) is 23.3 Å². The molecular weight excluding hydrogens is 240 g/mol. The van der Waals surface area contributed by atoms with Gasteiger partial charge in [-0.05, 0) is 19.4 Å². The van der Waals surface area contributed by atoms with E-state index in [0.29, 0.717) is 12.0 Å². The Morgan fingerprint density at radius 2 is 2.05 bits per heavy atom. The third-order valence-electron chi connectivity index (χ3n) is 3.20. The SMILES string of the molecule is Cc1cc(N2CCC(Nc3ncccn3)C2)ncn1. The first-order valence-electron chi connectivity index (χ1n) is 6.38. The zero-order valence-electron chi connectivity index (χ0n) is 10.8. The van der Waals surface area contributed by atoms with Gasteiger partial charge >= 0.3 is 0 Å². The van der Waals surface area contributed by atoms with Crippen LogP contribution in [0.3, 0.4) is 0 Å². The lowest BCUT2D eigenvalue weighted by atomic mass is 10.3. The topological polar surface area (TPSA) is 66.8 Å². The van der Waals surface area contributed by atoms with Crippen LogP contribution in [0.4, 0.5) is 11.8 Å². The maximum Gasteiger partial charge on any atom is 0.222 e. The largest absolute Gasteiger partial charge is 0.354 e. The van der Waals surface area contributed by atoms with Gasteiger partial charge in [-0.2, -0.15) is 0 Å². The van der Waals surface area contributed by atoms with Gasteiger partial charge in [-0.15, -0.1) is 0 Å². The summed E-state index contributed by atoms with van der Waals surface area (Å²) in [5.41, 5.74) is 0.993. The van der Waals surface area contributed by atoms with Crippen LogP contribution in [0, 0.1) is 6.92 Å². The second-order valence-corrected chi connectivity index (χ2v) is 4.67. The number of hydrogen-bond donors (Lipinski definition) is 1. The number of aryl methyl sites for hydroxylation is 1. The Balaban J connectivity index is 1.64. The quantitative estimate of drug-likeness (QED) is 0.892. The molecule has 0 bridgehead atoms. The Kier molecular flexibility index (Phi) is 3.22. The van der Waals surface area contributed by atoms with Gasteiger partial charge < -0.3 is 10.2 Å². The lowest BCUT2D eigenvalue weighted by molar-refractivity contribution is 0.791. The maximum atomic E-state index is 4.32. The molecule has 6 heteroatoms. The van der Waals surface area contributed by atoms with E-state index in [2.05, 4.69) is 30.2 Å². The zero-order valence-corrected chi connectivity index (χ0v) is 10.8. The van der Waals surface area contributed by atoms with Gasteiger partial charge in [0.1, 0.15) is 12.1 Å². The minimum absolute atomic E-state index is 0.359. The highest BCUT2D eigenvalue weighted by atomic mass is 15.3. The van der Waals surface area contributed by atoms with Crippen LogP contribution in [0.2, 0.25) is 0 Å². The fraction of sp³-hybridized carbons (Fsp3) is 0.385. The van der Waals surface area contributed by atoms with Crippen LogP contribution in [-0.4, -0.2) is 39.1 Å². The van der Waals surface area contributed by atoms with E-state index in [-0.39, 0.29) is 0 Å². The van der Waals surface area contributed by atoms with Crippen LogP contribution < -0.4 is 10.2 Å². The van der Waals surface area contributed by atoms with E-state index < -0.39 is 0 Å². The molecule has 1 N–H and O–H groups in total. The second kappa shape index (κ2) is 5.17. The molecular formula is C13H16N6. The summed E-state index contributed by atoms with van der Waals surface area (Å²) in [7, 11) is 0. The van der Waals surface area contributed by atoms with Crippen molar-refractivity contribution in [3.05, 3.63) is 36.5 Å². The van der Waals surface area contributed by atoms with Gasteiger partial charge in [0.2, 0.25) is 5.95 Å². The lowest BCUT2D eigenvalue weighted by Gasteiger charge is -2.17. The van der Waals surface area contributed by atoms with Gasteiger partial charge in [0.15, 0.2) is 0 Å². The molecule has 0 spiro atoms. The van der Waals surface area contributed by atoms with Gasteiger partial charge in [0, 0.05) is 43.3 Å². The molecule has 1 fully saturated rings. The summed E-state index contributed by atoms with van der Waals surface area (Å²) in [4.78, 5) is 19.1. The minimum Gasteiger partial charge on any atom is -0.354 e. The summed E-state index contributed by atoms with van der Waals surface area (Å²) in [5, 5.41) is 3.35. The molecule has 19 heavy (non-hydrogen) atoms. The summed E-state index contributed by atoms with van der Waals surface area (Å²) in [6, 6.07) is 4.19. The third-order valence-corrected chi connectivity index (χ3v) is 3.20. The Hall–Kier alpha value is -2.24. The molecule has 6 nitrogen and oxygen atoms in total. The predicted octanol–water partition coefficient (Wildman–Crippen LogP) is 1.27. The van der Waals surface area contributed by atoms with Crippen molar-refractivity contribution < 1.29 is 0 Å². The smallest absolute Gasteiger partial charge is 0.222 e. The van der Waals surface area contributed by atoms with E-state index in [4.69, 9.17) is 0 Å². The molecule has 1 aliphatic heterocycles. The highest BCUT2D eigenvalue weighted by molar-refractivity contribution is 5.41. The second-order valence-electron chi connectivity index (χ2n) is 4.67. The Bertz CT molecular complexity index is 544. The molecule has 98 valence electrons. The highest BCUT2D eigenvalue weighted by Gasteiger charge is 2.23. The van der Waals surface area contributed by atoms with E-state index >= 15 is 0 Å². The van der Waals surface area contributed by atoms with E-state index in [0.717, 1.165) is 31.0 Å². The number of nitrogens with zero attached hydrogens (tertiary/aromatic N) is 5. The number of anilines is 2. The van der Waals surface area contributed by atoms with Gasteiger partial charge in [0.05, 0.1) is 0 Å². The van der Waals surface area contributed by atoms with Crippen molar-refractivity contribution >= 4 is 11.8 Å². The van der Waals surface area contributed by atoms with Crippen LogP contribution >= 0.6 is 0 Å². The molecule has 0 aromatic carbocycles. The molecule has 3 heterocycles. The molecule has 0 saturated carbocycles. The van der Waals surface area contributed by atoms with Crippen molar-refractivity contribution in [1.29, 1.82) is 0 Å². The van der Waals surface area contributed by atoms with E-state index in [1.54, 1.807) is 18.7 Å². The molecule has 1 unspecified atom stereocenters. The standard InChI is InChI=1S/C13H16N6/c1-10-7-12(17-9-16-10)19-6-3-11(8-19)18-13-14-4-2-5-15-13/h2,4-5,7,9,11H,3,6,8H2,1H3,(H,14,15,18). The predicted molar refractivity (Wildman–Crippen MR) is 73.0 cm³/mol. The van der Waals surface area contributed by atoms with Crippen molar-refractivity contribution in [1.82, 2.24) is 19.9 Å². The summed E-state index contributed by atoms with van der Waals surface area (Å²) in [6.45, 7) is 3.88. The molecule has 0 amide bonds. The van der Waals surface area contributed by atoms with Crippen LogP contribution in [-0.2, 0) is 0 Å². The third kappa shape index (κ3) is 2.78. The van der Waals surface area contributed by atoms with Crippen molar-refractivity contribution in [3.8, 4) is 0 Å². The van der Waals surface area contributed by atoms with E-state index in [1.807, 2.05) is 19.1 Å². The molecule has 2 aromatic heterocycles. The Morgan fingerprint density at radius 1 is 1.21 bits per heavy atom. The van der Waals surface area contributed by atoms with Crippen LogP contribution in [0.1, 0.15) is 12.1 Å². The normalized spacial score (nSPS) is 18.6. The van der Waals surface area contributed by atoms with E-state index in [9.17, 15) is 0 Å². The van der Waals surface area contributed by atoms with Gasteiger partial charge in [0.25, 0.3) is 0 Å². The maximum absolute atomic E-state index is 4.32. The number of aromatic nitrogens is 4. The van der Waals surface area contributed by atoms with Crippen LogP contribution in [0.5, 0.6) is 0 Å². The van der Waals surface area contributed by atoms with Crippen molar-refractivity contribution in [2.45, 2.75) is 19.4 Å². The first-order valence-corrected chi connectivity index (χ1v) is 6.38. The molecule has 1 saturated heterocycles. The minimum atomic E-state index is 0.359. The zero-order chi connectivity index (χ0) is 13.1. The number of rotatable bonds is 3. The number of nitrogens with one attached hydrogen (secondary N) is 1. The average Bonchev–Trinajstić information content (AvgIpc) is 2.88. The van der Waals surface area contributed by atoms with Gasteiger partial charge in [-0.25, -0.2) is 19.9 Å². The molecule has 0 aliphatic carbocycles. The molecule has 1 aliphatic rings. The fourth-order valence-corrected chi connectivity index (χ4v) is 2.26. The lowest BCUT2D eigenvalue weighted by Crippen LogP contribution is -2.27.